The molecule has 0 spiro atoms. The highest BCUT2D eigenvalue weighted by Crippen LogP contribution is 2.24. The molecule has 0 radical (unpaired) electrons. The Morgan fingerprint density at radius 1 is 1.10 bits per heavy atom. The van der Waals surface area contributed by atoms with Gasteiger partial charge in [0.15, 0.2) is 5.82 Å². The summed E-state index contributed by atoms with van der Waals surface area (Å²) in [4.78, 5) is 22.1. The minimum atomic E-state index is -0.404. The van der Waals surface area contributed by atoms with Gasteiger partial charge in [0.25, 0.3) is 5.91 Å². The summed E-state index contributed by atoms with van der Waals surface area (Å²) in [7, 11) is 1.79. The van der Waals surface area contributed by atoms with Crippen LogP contribution in [0.2, 0.25) is 5.02 Å². The van der Waals surface area contributed by atoms with Gasteiger partial charge in [0.2, 0.25) is 0 Å². The molecule has 4 aromatic rings. The summed E-state index contributed by atoms with van der Waals surface area (Å²) >= 11 is 6.00. The highest BCUT2D eigenvalue weighted by Gasteiger charge is 2.17. The van der Waals surface area contributed by atoms with Gasteiger partial charge in [0.1, 0.15) is 11.5 Å². The van der Waals surface area contributed by atoms with Crippen LogP contribution in [0.1, 0.15) is 29.0 Å². The monoisotopic (exact) mass is 435 g/mol. The Balaban J connectivity index is 1.70. The Hall–Kier alpha value is -3.58. The molecular formula is C23H19ClFN5O. The minimum absolute atomic E-state index is 0.196. The SMILES string of the molecule is C[C@H](NC(=O)c1cc(-c2ccc(Cl)cc2)nc(-c2cnn(C)c2)n1)c1cccc(F)c1. The fourth-order valence-electron chi connectivity index (χ4n) is 3.13. The number of hydrogen-bond acceptors (Lipinski definition) is 4. The van der Waals surface area contributed by atoms with Gasteiger partial charge in [-0.1, -0.05) is 35.9 Å². The maximum absolute atomic E-state index is 13.5. The maximum Gasteiger partial charge on any atom is 0.270 e. The molecule has 2 aromatic heterocycles. The lowest BCUT2D eigenvalue weighted by molar-refractivity contribution is 0.0934. The lowest BCUT2D eigenvalue weighted by Crippen LogP contribution is -2.27. The Kier molecular flexibility index (Phi) is 5.77. The first-order valence-electron chi connectivity index (χ1n) is 9.59. The van der Waals surface area contributed by atoms with Crippen molar-refractivity contribution in [2.24, 2.45) is 7.05 Å². The van der Waals surface area contributed by atoms with Crippen molar-refractivity contribution in [1.29, 1.82) is 0 Å². The summed E-state index contributed by atoms with van der Waals surface area (Å²) in [5.41, 5.74) is 2.92. The molecule has 31 heavy (non-hydrogen) atoms. The van der Waals surface area contributed by atoms with Crippen molar-refractivity contribution in [3.05, 3.63) is 89.1 Å². The number of nitrogens with one attached hydrogen (secondary N) is 1. The van der Waals surface area contributed by atoms with Gasteiger partial charge < -0.3 is 5.32 Å². The van der Waals surface area contributed by atoms with E-state index in [9.17, 15) is 9.18 Å². The van der Waals surface area contributed by atoms with Gasteiger partial charge in [-0.15, -0.1) is 0 Å². The first-order chi connectivity index (χ1) is 14.9. The Morgan fingerprint density at radius 3 is 2.55 bits per heavy atom. The molecule has 1 N–H and O–H groups in total. The Morgan fingerprint density at radius 2 is 1.87 bits per heavy atom. The van der Waals surface area contributed by atoms with Gasteiger partial charge in [-0.2, -0.15) is 5.10 Å². The third-order valence-electron chi connectivity index (χ3n) is 4.76. The molecule has 0 bridgehead atoms. The molecule has 0 aliphatic heterocycles. The second-order valence-electron chi connectivity index (χ2n) is 7.12. The predicted octanol–water partition coefficient (Wildman–Crippen LogP) is 4.83. The smallest absolute Gasteiger partial charge is 0.270 e. The lowest BCUT2D eigenvalue weighted by Gasteiger charge is -2.15. The van der Waals surface area contributed by atoms with E-state index < -0.39 is 6.04 Å². The van der Waals surface area contributed by atoms with Crippen molar-refractivity contribution in [3.8, 4) is 22.6 Å². The van der Waals surface area contributed by atoms with Crippen LogP contribution in [0.3, 0.4) is 0 Å². The zero-order valence-electron chi connectivity index (χ0n) is 16.9. The van der Waals surface area contributed by atoms with Crippen molar-refractivity contribution in [2.45, 2.75) is 13.0 Å². The fourth-order valence-corrected chi connectivity index (χ4v) is 3.25. The van der Waals surface area contributed by atoms with Crippen molar-refractivity contribution in [3.63, 3.8) is 0 Å². The van der Waals surface area contributed by atoms with E-state index in [-0.39, 0.29) is 17.4 Å². The summed E-state index contributed by atoms with van der Waals surface area (Å²) in [5, 5.41) is 7.64. The predicted molar refractivity (Wildman–Crippen MR) is 117 cm³/mol. The van der Waals surface area contributed by atoms with Gasteiger partial charge in [0, 0.05) is 23.8 Å². The van der Waals surface area contributed by atoms with Crippen molar-refractivity contribution < 1.29 is 9.18 Å². The third-order valence-corrected chi connectivity index (χ3v) is 5.01. The van der Waals surface area contributed by atoms with Crippen LogP contribution in [-0.2, 0) is 7.05 Å². The third kappa shape index (κ3) is 4.78. The second kappa shape index (κ2) is 8.65. The number of halogens is 2. The van der Waals surface area contributed by atoms with Crippen molar-refractivity contribution >= 4 is 17.5 Å². The van der Waals surface area contributed by atoms with Gasteiger partial charge in [-0.25, -0.2) is 14.4 Å². The van der Waals surface area contributed by atoms with Crippen LogP contribution in [0.25, 0.3) is 22.6 Å². The van der Waals surface area contributed by atoms with Crippen LogP contribution in [0.5, 0.6) is 0 Å². The average Bonchev–Trinajstić information content (AvgIpc) is 3.20. The van der Waals surface area contributed by atoms with E-state index in [1.807, 2.05) is 12.1 Å². The first kappa shape index (κ1) is 20.7. The molecule has 2 heterocycles. The number of aryl methyl sites for hydroxylation is 1. The molecule has 0 aliphatic rings. The zero-order valence-corrected chi connectivity index (χ0v) is 17.6. The van der Waals surface area contributed by atoms with E-state index in [0.717, 1.165) is 5.56 Å². The van der Waals surface area contributed by atoms with Gasteiger partial charge in [0.05, 0.1) is 23.5 Å². The molecule has 0 fully saturated rings. The number of hydrogen-bond donors (Lipinski definition) is 1. The van der Waals surface area contributed by atoms with Gasteiger partial charge in [-0.3, -0.25) is 9.48 Å². The normalized spacial score (nSPS) is 11.9. The van der Waals surface area contributed by atoms with E-state index in [0.29, 0.717) is 27.7 Å². The molecule has 1 amide bonds. The molecular weight excluding hydrogens is 417 g/mol. The average molecular weight is 436 g/mol. The molecule has 2 aromatic carbocycles. The molecule has 156 valence electrons. The zero-order chi connectivity index (χ0) is 22.0. The largest absolute Gasteiger partial charge is 0.344 e. The number of amides is 1. The summed E-state index contributed by atoms with van der Waals surface area (Å²) in [6.45, 7) is 1.79. The highest BCUT2D eigenvalue weighted by molar-refractivity contribution is 6.30. The van der Waals surface area contributed by atoms with E-state index in [1.165, 1.54) is 12.1 Å². The van der Waals surface area contributed by atoms with Crippen molar-refractivity contribution in [2.75, 3.05) is 0 Å². The first-order valence-corrected chi connectivity index (χ1v) is 9.97. The quantitative estimate of drug-likeness (QED) is 0.487. The number of benzene rings is 2. The number of carbonyl (C=O) groups is 1. The van der Waals surface area contributed by atoms with E-state index in [1.54, 1.807) is 61.4 Å². The molecule has 6 nitrogen and oxygen atoms in total. The maximum atomic E-state index is 13.5. The molecule has 0 unspecified atom stereocenters. The minimum Gasteiger partial charge on any atom is -0.344 e. The summed E-state index contributed by atoms with van der Waals surface area (Å²) in [6, 6.07) is 14.5. The van der Waals surface area contributed by atoms with Gasteiger partial charge >= 0.3 is 0 Å². The summed E-state index contributed by atoms with van der Waals surface area (Å²) < 4.78 is 15.2. The summed E-state index contributed by atoms with van der Waals surface area (Å²) in [6.07, 6.45) is 3.41. The molecule has 4 rings (SSSR count). The van der Waals surface area contributed by atoms with Crippen LogP contribution >= 0.6 is 11.6 Å². The lowest BCUT2D eigenvalue weighted by atomic mass is 10.1. The van der Waals surface area contributed by atoms with E-state index in [4.69, 9.17) is 11.6 Å². The molecule has 0 aliphatic carbocycles. The number of aromatic nitrogens is 4. The molecule has 0 saturated carbocycles. The number of carbonyl (C=O) groups excluding carboxylic acids is 1. The second-order valence-corrected chi connectivity index (χ2v) is 7.56. The standard InChI is InChI=1S/C23H19ClFN5O/c1-14(16-4-3-5-19(25)10-16)27-23(31)21-11-20(15-6-8-18(24)9-7-15)28-22(29-21)17-12-26-30(2)13-17/h3-14H,1-2H3,(H,27,31)/t14-/m0/s1. The van der Waals surface area contributed by atoms with Crippen molar-refractivity contribution in [1.82, 2.24) is 25.1 Å². The summed E-state index contributed by atoms with van der Waals surface area (Å²) in [5.74, 6) is -0.367. The number of nitrogens with zero attached hydrogens (tertiary/aromatic N) is 4. The van der Waals surface area contributed by atoms with Crippen LogP contribution in [-0.4, -0.2) is 25.7 Å². The number of rotatable bonds is 5. The Bertz CT molecular complexity index is 1240. The fraction of sp³-hybridized carbons (Fsp3) is 0.130. The molecule has 0 saturated heterocycles. The topological polar surface area (TPSA) is 72.7 Å². The van der Waals surface area contributed by atoms with Crippen LogP contribution in [0.4, 0.5) is 4.39 Å². The van der Waals surface area contributed by atoms with Crippen LogP contribution in [0, 0.1) is 5.82 Å². The van der Waals surface area contributed by atoms with E-state index >= 15 is 0 Å². The van der Waals surface area contributed by atoms with Crippen LogP contribution < -0.4 is 5.32 Å². The van der Waals surface area contributed by atoms with E-state index in [2.05, 4.69) is 20.4 Å². The highest BCUT2D eigenvalue weighted by atomic mass is 35.5. The molecule has 1 atom stereocenters. The molecule has 8 heteroatoms. The van der Waals surface area contributed by atoms with Gasteiger partial charge in [-0.05, 0) is 42.8 Å². The van der Waals surface area contributed by atoms with Crippen LogP contribution in [0.15, 0.2) is 67.0 Å². The Labute approximate surface area is 183 Å².